The van der Waals surface area contributed by atoms with Crippen LogP contribution in [0.3, 0.4) is 0 Å². The molecule has 0 spiro atoms. The van der Waals surface area contributed by atoms with E-state index in [1.807, 2.05) is 6.92 Å². The summed E-state index contributed by atoms with van der Waals surface area (Å²) >= 11 is 3.16. The summed E-state index contributed by atoms with van der Waals surface area (Å²) in [4.78, 5) is 11.6. The Morgan fingerprint density at radius 2 is 2.37 bits per heavy atom. The van der Waals surface area contributed by atoms with Crippen LogP contribution in [0.1, 0.15) is 5.56 Å². The van der Waals surface area contributed by atoms with Crippen molar-refractivity contribution in [3.63, 3.8) is 0 Å². The van der Waals surface area contributed by atoms with Crippen LogP contribution in [-0.2, 0) is 4.79 Å². The molecule has 5 nitrogen and oxygen atoms in total. The third-order valence-corrected chi connectivity index (χ3v) is 2.97. The predicted octanol–water partition coefficient (Wildman–Crippen LogP) is 2.64. The van der Waals surface area contributed by atoms with Gasteiger partial charge in [-0.3, -0.25) is 9.89 Å². The normalized spacial score (nSPS) is 10.3. The van der Waals surface area contributed by atoms with Gasteiger partial charge in [-0.2, -0.15) is 5.10 Å². The van der Waals surface area contributed by atoms with E-state index in [-0.39, 0.29) is 18.3 Å². The Morgan fingerprint density at radius 1 is 1.58 bits per heavy atom. The second kappa shape index (κ2) is 5.83. The number of aryl methyl sites for hydroxylation is 1. The summed E-state index contributed by atoms with van der Waals surface area (Å²) in [6.45, 7) is 1.64. The van der Waals surface area contributed by atoms with Gasteiger partial charge in [0.2, 0.25) is 0 Å². The van der Waals surface area contributed by atoms with Crippen LogP contribution in [0.25, 0.3) is 0 Å². The predicted molar refractivity (Wildman–Crippen MR) is 71.5 cm³/mol. The molecule has 0 aliphatic carbocycles. The zero-order chi connectivity index (χ0) is 13.8. The first kappa shape index (κ1) is 13.5. The van der Waals surface area contributed by atoms with Gasteiger partial charge in [0.15, 0.2) is 6.61 Å². The van der Waals surface area contributed by atoms with Crippen molar-refractivity contribution in [3.05, 3.63) is 40.2 Å². The minimum Gasteiger partial charge on any atom is -0.483 e. The largest absolute Gasteiger partial charge is 0.483 e. The zero-order valence-electron chi connectivity index (χ0n) is 10.0. The van der Waals surface area contributed by atoms with Crippen LogP contribution in [0, 0.1) is 12.7 Å². The highest BCUT2D eigenvalue weighted by Crippen LogP contribution is 2.25. The Bertz CT molecular complexity index is 600. The molecule has 1 amide bonds. The zero-order valence-corrected chi connectivity index (χ0v) is 11.6. The molecule has 0 fully saturated rings. The number of H-pyrrole nitrogens is 1. The van der Waals surface area contributed by atoms with E-state index in [9.17, 15) is 9.18 Å². The Kier molecular flexibility index (Phi) is 4.16. The fraction of sp³-hybridized carbons (Fsp3) is 0.167. The van der Waals surface area contributed by atoms with Crippen LogP contribution in [-0.4, -0.2) is 22.7 Å². The molecule has 0 saturated heterocycles. The Labute approximate surface area is 117 Å². The number of hydrogen-bond acceptors (Lipinski definition) is 3. The number of hydrogen-bond donors (Lipinski definition) is 2. The Morgan fingerprint density at radius 3 is 3.00 bits per heavy atom. The topological polar surface area (TPSA) is 67.0 Å². The number of rotatable bonds is 4. The quantitative estimate of drug-likeness (QED) is 0.907. The number of anilines is 1. The van der Waals surface area contributed by atoms with Crippen molar-refractivity contribution in [2.45, 2.75) is 6.92 Å². The minimum atomic E-state index is -0.378. The van der Waals surface area contributed by atoms with Gasteiger partial charge in [0.05, 0.1) is 10.7 Å². The lowest BCUT2D eigenvalue weighted by molar-refractivity contribution is -0.118. The first-order chi connectivity index (χ1) is 9.06. The van der Waals surface area contributed by atoms with Gasteiger partial charge in [-0.15, -0.1) is 0 Å². The SMILES string of the molecule is Cc1cn[nH]c1NC(=O)COc1ccc(F)cc1Br. The minimum absolute atomic E-state index is 0.178. The van der Waals surface area contributed by atoms with Gasteiger partial charge < -0.3 is 10.1 Å². The maximum absolute atomic E-state index is 12.9. The average Bonchev–Trinajstić information content (AvgIpc) is 2.74. The lowest BCUT2D eigenvalue weighted by Crippen LogP contribution is -2.20. The van der Waals surface area contributed by atoms with Crippen molar-refractivity contribution in [1.29, 1.82) is 0 Å². The monoisotopic (exact) mass is 327 g/mol. The van der Waals surface area contributed by atoms with E-state index < -0.39 is 0 Å². The molecule has 2 aromatic rings. The van der Waals surface area contributed by atoms with Crippen LogP contribution in [0.2, 0.25) is 0 Å². The summed E-state index contributed by atoms with van der Waals surface area (Å²) in [5.74, 6) is 0.227. The summed E-state index contributed by atoms with van der Waals surface area (Å²) in [6, 6.07) is 3.98. The summed E-state index contributed by atoms with van der Waals surface area (Å²) < 4.78 is 18.6. The summed E-state index contributed by atoms with van der Waals surface area (Å²) in [5, 5.41) is 9.06. The smallest absolute Gasteiger partial charge is 0.263 e. The number of carbonyl (C=O) groups excluding carboxylic acids is 1. The van der Waals surface area contributed by atoms with E-state index in [1.54, 1.807) is 6.20 Å². The van der Waals surface area contributed by atoms with Gasteiger partial charge in [0.1, 0.15) is 17.4 Å². The molecule has 1 aromatic carbocycles. The van der Waals surface area contributed by atoms with Crippen molar-refractivity contribution in [1.82, 2.24) is 10.2 Å². The number of carbonyl (C=O) groups is 1. The number of benzene rings is 1. The van der Waals surface area contributed by atoms with Crippen molar-refractivity contribution >= 4 is 27.7 Å². The highest BCUT2D eigenvalue weighted by Gasteiger charge is 2.09. The van der Waals surface area contributed by atoms with Crippen molar-refractivity contribution < 1.29 is 13.9 Å². The van der Waals surface area contributed by atoms with Gasteiger partial charge >= 0.3 is 0 Å². The van der Waals surface area contributed by atoms with E-state index in [1.165, 1.54) is 18.2 Å². The fourth-order valence-electron chi connectivity index (χ4n) is 1.38. The van der Waals surface area contributed by atoms with Crippen LogP contribution in [0.15, 0.2) is 28.9 Å². The van der Waals surface area contributed by atoms with Gasteiger partial charge in [0.25, 0.3) is 5.91 Å². The summed E-state index contributed by atoms with van der Waals surface area (Å²) in [5.41, 5.74) is 0.830. The lowest BCUT2D eigenvalue weighted by atomic mass is 10.3. The molecule has 0 atom stereocenters. The molecule has 0 unspecified atom stereocenters. The highest BCUT2D eigenvalue weighted by atomic mass is 79.9. The molecule has 7 heteroatoms. The van der Waals surface area contributed by atoms with Gasteiger partial charge in [0, 0.05) is 5.56 Å². The molecule has 1 heterocycles. The average molecular weight is 328 g/mol. The summed E-state index contributed by atoms with van der Waals surface area (Å²) in [7, 11) is 0. The Balaban J connectivity index is 1.92. The van der Waals surface area contributed by atoms with Crippen LogP contribution >= 0.6 is 15.9 Å². The first-order valence-corrected chi connectivity index (χ1v) is 6.23. The number of nitrogens with zero attached hydrogens (tertiary/aromatic N) is 1. The number of aromatic amines is 1. The molecule has 0 radical (unpaired) electrons. The van der Waals surface area contributed by atoms with Crippen LogP contribution in [0.4, 0.5) is 10.2 Å². The van der Waals surface area contributed by atoms with Crippen molar-refractivity contribution in [3.8, 4) is 5.75 Å². The third kappa shape index (κ3) is 3.54. The van der Waals surface area contributed by atoms with Gasteiger partial charge in [-0.05, 0) is 41.1 Å². The van der Waals surface area contributed by atoms with Crippen LogP contribution < -0.4 is 10.1 Å². The molecule has 2 N–H and O–H groups in total. The van der Waals surface area contributed by atoms with Crippen molar-refractivity contribution in [2.75, 3.05) is 11.9 Å². The number of nitrogens with one attached hydrogen (secondary N) is 2. The molecule has 19 heavy (non-hydrogen) atoms. The van der Waals surface area contributed by atoms with Gasteiger partial charge in [-0.25, -0.2) is 4.39 Å². The maximum Gasteiger partial charge on any atom is 0.263 e. The summed E-state index contributed by atoms with van der Waals surface area (Å²) in [6.07, 6.45) is 1.60. The molecule has 0 aliphatic heterocycles. The molecule has 0 saturated carbocycles. The van der Waals surface area contributed by atoms with Gasteiger partial charge in [-0.1, -0.05) is 0 Å². The van der Waals surface area contributed by atoms with E-state index in [0.717, 1.165) is 5.56 Å². The molecular formula is C12H11BrFN3O2. The second-order valence-electron chi connectivity index (χ2n) is 3.84. The van der Waals surface area contributed by atoms with E-state index in [4.69, 9.17) is 4.74 Å². The second-order valence-corrected chi connectivity index (χ2v) is 4.69. The van der Waals surface area contributed by atoms with Crippen molar-refractivity contribution in [2.24, 2.45) is 0 Å². The van der Waals surface area contributed by atoms with E-state index in [0.29, 0.717) is 16.0 Å². The number of aromatic nitrogens is 2. The highest BCUT2D eigenvalue weighted by molar-refractivity contribution is 9.10. The molecular weight excluding hydrogens is 317 g/mol. The molecule has 0 aliphatic rings. The first-order valence-electron chi connectivity index (χ1n) is 5.44. The number of ether oxygens (including phenoxy) is 1. The number of halogens is 2. The van der Waals surface area contributed by atoms with E-state index in [2.05, 4.69) is 31.4 Å². The lowest BCUT2D eigenvalue weighted by Gasteiger charge is -2.08. The Hall–Kier alpha value is -1.89. The molecule has 1 aromatic heterocycles. The molecule has 100 valence electrons. The number of amides is 1. The molecule has 0 bridgehead atoms. The molecule has 2 rings (SSSR count). The van der Waals surface area contributed by atoms with E-state index >= 15 is 0 Å². The fourth-order valence-corrected chi connectivity index (χ4v) is 1.85. The maximum atomic E-state index is 12.9. The third-order valence-electron chi connectivity index (χ3n) is 2.35. The van der Waals surface area contributed by atoms with Crippen LogP contribution in [0.5, 0.6) is 5.75 Å². The standard InChI is InChI=1S/C12H11BrFN3O2/c1-7-5-15-17-12(7)16-11(18)6-19-10-3-2-8(14)4-9(10)13/h2-5H,6H2,1H3,(H2,15,16,17,18).